The van der Waals surface area contributed by atoms with Gasteiger partial charge in [-0.25, -0.2) is 0 Å². The second-order valence-corrected chi connectivity index (χ2v) is 1.01. The van der Waals surface area contributed by atoms with Crippen LogP contribution in [0.15, 0.2) is 12.3 Å². The summed E-state index contributed by atoms with van der Waals surface area (Å²) >= 11 is 0. The SMILES string of the molecule is Nc1ccn[nH]1.[SeH2]. The molecule has 3 nitrogen and oxygen atoms in total. The summed E-state index contributed by atoms with van der Waals surface area (Å²) in [4.78, 5) is 0. The fourth-order valence-corrected chi connectivity index (χ4v) is 0.267. The summed E-state index contributed by atoms with van der Waals surface area (Å²) in [5.74, 6) is 0.606. The van der Waals surface area contributed by atoms with Crippen LogP contribution in [0.25, 0.3) is 0 Å². The van der Waals surface area contributed by atoms with Gasteiger partial charge in [0.05, 0.1) is 6.20 Å². The van der Waals surface area contributed by atoms with Gasteiger partial charge < -0.3 is 5.73 Å². The first-order valence-corrected chi connectivity index (χ1v) is 1.64. The molecule has 0 aliphatic rings. The number of hydrogen-bond acceptors (Lipinski definition) is 2. The molecule has 0 saturated heterocycles. The summed E-state index contributed by atoms with van der Waals surface area (Å²) in [6, 6.07) is 1.69. The molecule has 0 bridgehead atoms. The molecule has 0 atom stereocenters. The summed E-state index contributed by atoms with van der Waals surface area (Å²) in [7, 11) is 0. The molecule has 0 saturated carbocycles. The van der Waals surface area contributed by atoms with E-state index in [4.69, 9.17) is 5.73 Å². The molecular formula is C3H7N3Se. The molecule has 0 aliphatic heterocycles. The Bertz CT molecular complexity index is 114. The Hall–Kier alpha value is -0.471. The number of nitrogen functional groups attached to an aromatic ring is 1. The van der Waals surface area contributed by atoms with Crippen LogP contribution in [0, 0.1) is 0 Å². The number of hydrogen-bond donors (Lipinski definition) is 2. The van der Waals surface area contributed by atoms with Gasteiger partial charge in [0.2, 0.25) is 0 Å². The number of rotatable bonds is 0. The van der Waals surface area contributed by atoms with Gasteiger partial charge in [0, 0.05) is 0 Å². The van der Waals surface area contributed by atoms with Crippen molar-refractivity contribution >= 4 is 22.9 Å². The minimum atomic E-state index is 0. The molecule has 1 aromatic heterocycles. The van der Waals surface area contributed by atoms with Crippen LogP contribution in [0.4, 0.5) is 5.82 Å². The number of H-pyrrole nitrogens is 1. The Morgan fingerprint density at radius 1 is 1.71 bits per heavy atom. The fraction of sp³-hybridized carbons (Fsp3) is 0. The molecule has 1 rings (SSSR count). The maximum atomic E-state index is 5.16. The molecule has 1 aromatic rings. The van der Waals surface area contributed by atoms with Crippen LogP contribution in [-0.4, -0.2) is 27.3 Å². The average Bonchev–Trinajstić information content (AvgIpc) is 1.86. The molecule has 1 heterocycles. The van der Waals surface area contributed by atoms with E-state index in [-0.39, 0.29) is 17.1 Å². The van der Waals surface area contributed by atoms with E-state index in [9.17, 15) is 0 Å². The molecule has 0 aromatic carbocycles. The van der Waals surface area contributed by atoms with Crippen molar-refractivity contribution < 1.29 is 0 Å². The standard InChI is InChI=1S/C3H5N3.H2Se/c4-3-1-2-5-6-3;/h1-2H,(H3,4,5,6);1H2. The summed E-state index contributed by atoms with van der Waals surface area (Å²) in [6.07, 6.45) is 1.61. The van der Waals surface area contributed by atoms with Crippen LogP contribution in [0.3, 0.4) is 0 Å². The Morgan fingerprint density at radius 2 is 2.43 bits per heavy atom. The van der Waals surface area contributed by atoms with E-state index in [1.54, 1.807) is 12.3 Å². The number of aromatic nitrogens is 2. The Kier molecular flexibility index (Phi) is 2.48. The third-order valence-corrected chi connectivity index (χ3v) is 0.522. The molecule has 7 heavy (non-hydrogen) atoms. The zero-order valence-corrected chi connectivity index (χ0v) is 5.78. The number of nitrogens with zero attached hydrogens (tertiary/aromatic N) is 1. The van der Waals surface area contributed by atoms with Crippen LogP contribution in [0.2, 0.25) is 0 Å². The number of aromatic amines is 1. The third kappa shape index (κ3) is 1.62. The van der Waals surface area contributed by atoms with Crippen molar-refractivity contribution in [2.24, 2.45) is 0 Å². The molecule has 4 heteroatoms. The van der Waals surface area contributed by atoms with Gasteiger partial charge in [0.25, 0.3) is 0 Å². The zero-order valence-electron chi connectivity index (χ0n) is 3.68. The minimum absolute atomic E-state index is 0. The molecule has 0 unspecified atom stereocenters. The van der Waals surface area contributed by atoms with Gasteiger partial charge >= 0.3 is 17.1 Å². The van der Waals surface area contributed by atoms with E-state index in [1.165, 1.54) is 0 Å². The average molecular weight is 164 g/mol. The molecule has 40 valence electrons. The van der Waals surface area contributed by atoms with E-state index in [0.717, 1.165) is 0 Å². The summed E-state index contributed by atoms with van der Waals surface area (Å²) < 4.78 is 0. The summed E-state index contributed by atoms with van der Waals surface area (Å²) in [5, 5.41) is 6.10. The predicted octanol–water partition coefficient (Wildman–Crippen LogP) is -0.924. The molecule has 0 aliphatic carbocycles. The first-order chi connectivity index (χ1) is 2.89. The van der Waals surface area contributed by atoms with E-state index in [0.29, 0.717) is 5.82 Å². The predicted molar refractivity (Wildman–Crippen MR) is 31.5 cm³/mol. The first kappa shape index (κ1) is 6.53. The fourth-order valence-electron chi connectivity index (χ4n) is 0.267. The summed E-state index contributed by atoms with van der Waals surface area (Å²) in [5.41, 5.74) is 5.16. The van der Waals surface area contributed by atoms with Crippen LogP contribution in [0.1, 0.15) is 0 Å². The van der Waals surface area contributed by atoms with Gasteiger partial charge in [-0.1, -0.05) is 0 Å². The van der Waals surface area contributed by atoms with Crippen molar-refractivity contribution in [3.05, 3.63) is 12.3 Å². The van der Waals surface area contributed by atoms with Crippen molar-refractivity contribution in [1.82, 2.24) is 10.2 Å². The quantitative estimate of drug-likeness (QED) is 0.487. The Morgan fingerprint density at radius 3 is 2.57 bits per heavy atom. The van der Waals surface area contributed by atoms with Crippen LogP contribution < -0.4 is 5.73 Å². The Balaban J connectivity index is 0.000000360. The number of nitrogens with one attached hydrogen (secondary N) is 1. The van der Waals surface area contributed by atoms with Gasteiger partial charge in [-0.3, -0.25) is 5.10 Å². The van der Waals surface area contributed by atoms with Crippen molar-refractivity contribution in [2.75, 3.05) is 5.73 Å². The number of anilines is 1. The van der Waals surface area contributed by atoms with Crippen LogP contribution >= 0.6 is 0 Å². The normalized spacial score (nSPS) is 7.43. The Labute approximate surface area is 51.8 Å². The van der Waals surface area contributed by atoms with E-state index < -0.39 is 0 Å². The van der Waals surface area contributed by atoms with E-state index in [1.807, 2.05) is 0 Å². The van der Waals surface area contributed by atoms with Gasteiger partial charge in [0.1, 0.15) is 5.82 Å². The van der Waals surface area contributed by atoms with Gasteiger partial charge in [0.15, 0.2) is 0 Å². The number of nitrogens with two attached hydrogens (primary N) is 1. The molecule has 0 fully saturated rings. The van der Waals surface area contributed by atoms with Crippen molar-refractivity contribution in [3.8, 4) is 0 Å². The van der Waals surface area contributed by atoms with E-state index >= 15 is 0 Å². The van der Waals surface area contributed by atoms with Crippen LogP contribution in [-0.2, 0) is 0 Å². The zero-order chi connectivity index (χ0) is 4.41. The summed E-state index contributed by atoms with van der Waals surface area (Å²) in [6.45, 7) is 0. The second kappa shape index (κ2) is 2.66. The van der Waals surface area contributed by atoms with Crippen molar-refractivity contribution in [2.45, 2.75) is 0 Å². The topological polar surface area (TPSA) is 54.7 Å². The van der Waals surface area contributed by atoms with Crippen molar-refractivity contribution in [3.63, 3.8) is 0 Å². The second-order valence-electron chi connectivity index (χ2n) is 1.01. The molecule has 0 radical (unpaired) electrons. The van der Waals surface area contributed by atoms with Gasteiger partial charge in [-0.05, 0) is 6.07 Å². The maximum absolute atomic E-state index is 5.16. The van der Waals surface area contributed by atoms with Crippen molar-refractivity contribution in [1.29, 1.82) is 0 Å². The molecule has 3 N–H and O–H groups in total. The molecule has 0 spiro atoms. The first-order valence-electron chi connectivity index (χ1n) is 1.64. The van der Waals surface area contributed by atoms with Crippen LogP contribution in [0.5, 0.6) is 0 Å². The molecule has 0 amide bonds. The van der Waals surface area contributed by atoms with Gasteiger partial charge in [-0.15, -0.1) is 0 Å². The molecular weight excluding hydrogens is 157 g/mol. The monoisotopic (exact) mass is 165 g/mol. The van der Waals surface area contributed by atoms with E-state index in [2.05, 4.69) is 10.2 Å². The van der Waals surface area contributed by atoms with Gasteiger partial charge in [-0.2, -0.15) is 5.10 Å². The third-order valence-electron chi connectivity index (χ3n) is 0.522.